The Balaban J connectivity index is 1.26. The number of nitrogens with zero attached hydrogens (tertiary/aromatic N) is 3. The van der Waals surface area contributed by atoms with Crippen molar-refractivity contribution in [2.24, 2.45) is 11.8 Å². The van der Waals surface area contributed by atoms with E-state index in [9.17, 15) is 4.79 Å². The van der Waals surface area contributed by atoms with Gasteiger partial charge in [0.1, 0.15) is 17.3 Å². The first kappa shape index (κ1) is 24.6. The number of hydrogen-bond donors (Lipinski definition) is 2. The molecule has 8 nitrogen and oxygen atoms in total. The molecule has 3 aromatic rings. The number of carbonyl (C=O) groups excluding carboxylic acids is 1. The smallest absolute Gasteiger partial charge is 0.251 e. The Bertz CT molecular complexity index is 1140. The lowest BCUT2D eigenvalue weighted by atomic mass is 9.82. The number of para-hydroxylation sites is 1. The lowest BCUT2D eigenvalue weighted by Crippen LogP contribution is -2.32. The van der Waals surface area contributed by atoms with Crippen LogP contribution in [0.3, 0.4) is 0 Å². The average Bonchev–Trinajstić information content (AvgIpc) is 2.90. The molecule has 1 heterocycles. The summed E-state index contributed by atoms with van der Waals surface area (Å²) in [5.41, 5.74) is 1.49. The minimum Gasteiger partial charge on any atom is -0.497 e. The number of methoxy groups -OCH3 is 2. The lowest BCUT2D eigenvalue weighted by Gasteiger charge is -2.29. The summed E-state index contributed by atoms with van der Waals surface area (Å²) >= 11 is 0. The third kappa shape index (κ3) is 6.12. The Labute approximate surface area is 207 Å². The zero-order valence-electron chi connectivity index (χ0n) is 21.0. The molecule has 8 heteroatoms. The highest BCUT2D eigenvalue weighted by Crippen LogP contribution is 2.30. The molecule has 0 atom stereocenters. The van der Waals surface area contributed by atoms with Crippen LogP contribution in [0.15, 0.2) is 42.5 Å². The van der Waals surface area contributed by atoms with Gasteiger partial charge in [0.15, 0.2) is 0 Å². The van der Waals surface area contributed by atoms with Crippen LogP contribution < -0.4 is 25.0 Å². The molecular formula is C27H35N5O3. The van der Waals surface area contributed by atoms with E-state index in [4.69, 9.17) is 19.4 Å². The minimum atomic E-state index is -0.101. The largest absolute Gasteiger partial charge is 0.497 e. The van der Waals surface area contributed by atoms with E-state index in [1.807, 2.05) is 37.2 Å². The van der Waals surface area contributed by atoms with Crippen molar-refractivity contribution in [3.05, 3.63) is 48.0 Å². The van der Waals surface area contributed by atoms with Crippen molar-refractivity contribution >= 4 is 28.6 Å². The van der Waals surface area contributed by atoms with Gasteiger partial charge < -0.3 is 25.0 Å². The number of rotatable bonds is 9. The second-order valence-electron chi connectivity index (χ2n) is 9.36. The monoisotopic (exact) mass is 477 g/mol. The van der Waals surface area contributed by atoms with Crippen molar-refractivity contribution in [3.8, 4) is 11.5 Å². The minimum absolute atomic E-state index is 0.101. The molecule has 186 valence electrons. The van der Waals surface area contributed by atoms with E-state index in [2.05, 4.69) is 16.7 Å². The number of anilines is 2. The maximum Gasteiger partial charge on any atom is 0.251 e. The molecule has 4 rings (SSSR count). The quantitative estimate of drug-likeness (QED) is 0.473. The Morgan fingerprint density at radius 2 is 1.57 bits per heavy atom. The Kier molecular flexibility index (Phi) is 7.90. The van der Waals surface area contributed by atoms with Crippen LogP contribution in [0, 0.1) is 11.8 Å². The summed E-state index contributed by atoms with van der Waals surface area (Å²) < 4.78 is 10.5. The fourth-order valence-electron chi connectivity index (χ4n) is 4.63. The van der Waals surface area contributed by atoms with Crippen LogP contribution in [-0.2, 0) is 0 Å². The first-order valence-corrected chi connectivity index (χ1v) is 12.2. The molecule has 2 aromatic carbocycles. The molecule has 0 saturated heterocycles. The fourth-order valence-corrected chi connectivity index (χ4v) is 4.63. The predicted octanol–water partition coefficient (Wildman–Crippen LogP) is 4.36. The molecule has 0 spiro atoms. The number of hydrogen-bond acceptors (Lipinski definition) is 7. The summed E-state index contributed by atoms with van der Waals surface area (Å²) in [5.74, 6) is 3.77. The number of amides is 1. The first-order chi connectivity index (χ1) is 17.0. The molecular weight excluding hydrogens is 442 g/mol. The van der Waals surface area contributed by atoms with Crippen LogP contribution in [0.4, 0.5) is 11.8 Å². The SMILES string of the molecule is COc1cc(OC)cc(C(=O)NCC2CCC(CNc3nc(N(C)C)c4ccccc4n3)CC2)c1. The van der Waals surface area contributed by atoms with Crippen molar-refractivity contribution in [2.45, 2.75) is 25.7 Å². The number of nitrogens with one attached hydrogen (secondary N) is 2. The first-order valence-electron chi connectivity index (χ1n) is 12.2. The lowest BCUT2D eigenvalue weighted by molar-refractivity contribution is 0.0941. The standard InChI is InChI=1S/C27H35N5O3/c1-32(2)25-23-7-5-6-8-24(23)30-27(31-25)29-17-19-11-9-18(10-12-19)16-28-26(33)20-13-21(34-3)15-22(14-20)35-4/h5-8,13-15,18-19H,9-12,16-17H2,1-4H3,(H,28,33)(H,29,30,31). The molecule has 35 heavy (non-hydrogen) atoms. The normalized spacial score (nSPS) is 17.6. The number of fused-ring (bicyclic) bond motifs is 1. The highest BCUT2D eigenvalue weighted by Gasteiger charge is 2.22. The van der Waals surface area contributed by atoms with Gasteiger partial charge in [-0.15, -0.1) is 0 Å². The van der Waals surface area contributed by atoms with Crippen molar-refractivity contribution in [1.29, 1.82) is 0 Å². The zero-order valence-corrected chi connectivity index (χ0v) is 21.0. The highest BCUT2D eigenvalue weighted by molar-refractivity contribution is 5.95. The third-order valence-electron chi connectivity index (χ3n) is 6.69. The van der Waals surface area contributed by atoms with Gasteiger partial charge in [0.05, 0.1) is 19.7 Å². The van der Waals surface area contributed by atoms with E-state index >= 15 is 0 Å². The summed E-state index contributed by atoms with van der Waals surface area (Å²) in [4.78, 5) is 24.1. The molecule has 0 bridgehead atoms. The number of ether oxygens (including phenoxy) is 2. The molecule has 1 aliphatic rings. The fraction of sp³-hybridized carbons (Fsp3) is 0.444. The van der Waals surface area contributed by atoms with Crippen molar-refractivity contribution in [1.82, 2.24) is 15.3 Å². The second-order valence-corrected chi connectivity index (χ2v) is 9.36. The molecule has 0 unspecified atom stereocenters. The molecule has 1 fully saturated rings. The van der Waals surface area contributed by atoms with Crippen LogP contribution >= 0.6 is 0 Å². The summed E-state index contributed by atoms with van der Waals surface area (Å²) in [6.45, 7) is 1.53. The van der Waals surface area contributed by atoms with Gasteiger partial charge in [0.2, 0.25) is 5.95 Å². The van der Waals surface area contributed by atoms with Crippen molar-refractivity contribution in [3.63, 3.8) is 0 Å². The van der Waals surface area contributed by atoms with E-state index in [0.29, 0.717) is 41.4 Å². The summed E-state index contributed by atoms with van der Waals surface area (Å²) in [5, 5.41) is 7.61. The van der Waals surface area contributed by atoms with E-state index in [-0.39, 0.29) is 5.91 Å². The van der Waals surface area contributed by atoms with Gasteiger partial charge in [0, 0.05) is 44.2 Å². The molecule has 1 aromatic heterocycles. The van der Waals surface area contributed by atoms with Crippen LogP contribution in [0.5, 0.6) is 11.5 Å². The Morgan fingerprint density at radius 1 is 0.943 bits per heavy atom. The molecule has 1 saturated carbocycles. The number of carbonyl (C=O) groups is 1. The van der Waals surface area contributed by atoms with E-state index in [1.54, 1.807) is 32.4 Å². The van der Waals surface area contributed by atoms with Crippen LogP contribution in [0.25, 0.3) is 10.9 Å². The van der Waals surface area contributed by atoms with Crippen LogP contribution in [0.2, 0.25) is 0 Å². The topological polar surface area (TPSA) is 88.6 Å². The summed E-state index contributed by atoms with van der Waals surface area (Å²) in [7, 11) is 7.17. The van der Waals surface area contributed by atoms with Crippen LogP contribution in [0.1, 0.15) is 36.0 Å². The summed E-state index contributed by atoms with van der Waals surface area (Å²) in [6, 6.07) is 13.3. The molecule has 2 N–H and O–H groups in total. The molecule has 1 aliphatic carbocycles. The molecule has 1 amide bonds. The second kappa shape index (κ2) is 11.3. The van der Waals surface area contributed by atoms with Gasteiger partial charge in [-0.25, -0.2) is 4.98 Å². The molecule has 0 radical (unpaired) electrons. The van der Waals surface area contributed by atoms with Gasteiger partial charge >= 0.3 is 0 Å². The Hall–Kier alpha value is -3.55. The summed E-state index contributed by atoms with van der Waals surface area (Å²) in [6.07, 6.45) is 4.43. The zero-order chi connectivity index (χ0) is 24.8. The number of aromatic nitrogens is 2. The maximum atomic E-state index is 12.7. The predicted molar refractivity (Wildman–Crippen MR) is 140 cm³/mol. The average molecular weight is 478 g/mol. The van der Waals surface area contributed by atoms with Gasteiger partial charge in [0.25, 0.3) is 5.91 Å². The van der Waals surface area contributed by atoms with Gasteiger partial charge in [-0.2, -0.15) is 4.98 Å². The van der Waals surface area contributed by atoms with Gasteiger partial charge in [-0.1, -0.05) is 12.1 Å². The van der Waals surface area contributed by atoms with Crippen molar-refractivity contribution < 1.29 is 14.3 Å². The molecule has 0 aliphatic heterocycles. The Morgan fingerprint density at radius 3 is 2.20 bits per heavy atom. The van der Waals surface area contributed by atoms with Gasteiger partial charge in [-0.3, -0.25) is 4.79 Å². The maximum absolute atomic E-state index is 12.7. The van der Waals surface area contributed by atoms with Gasteiger partial charge in [-0.05, 0) is 61.8 Å². The van der Waals surface area contributed by atoms with E-state index in [1.165, 1.54) is 0 Å². The third-order valence-corrected chi connectivity index (χ3v) is 6.69. The number of benzene rings is 2. The van der Waals surface area contributed by atoms with Crippen molar-refractivity contribution in [2.75, 3.05) is 51.6 Å². The highest BCUT2D eigenvalue weighted by atomic mass is 16.5. The van der Waals surface area contributed by atoms with E-state index < -0.39 is 0 Å². The van der Waals surface area contributed by atoms with E-state index in [0.717, 1.165) is 48.9 Å². The van der Waals surface area contributed by atoms with Crippen LogP contribution in [-0.4, -0.2) is 57.3 Å².